The SMILES string of the molecule is COc1ccc(-c2nc(C)c(C(=O)N(Cc3ccc(/C=C4/SC(=O)NC4=O)cc3)c3ccc(C)cn3)s2)cc1. The monoisotopic (exact) mass is 556 g/mol. The minimum absolute atomic E-state index is 0.190. The van der Waals surface area contributed by atoms with Crippen molar-refractivity contribution in [2.24, 2.45) is 0 Å². The Hall–Kier alpha value is -4.28. The highest BCUT2D eigenvalue weighted by Gasteiger charge is 2.26. The van der Waals surface area contributed by atoms with Crippen LogP contribution >= 0.6 is 23.1 Å². The Labute approximate surface area is 233 Å². The number of thioether (sulfide) groups is 1. The molecule has 5 rings (SSSR count). The number of carbonyl (C=O) groups excluding carboxylic acids is 3. The van der Waals surface area contributed by atoms with Crippen molar-refractivity contribution in [3.8, 4) is 16.3 Å². The zero-order chi connectivity index (χ0) is 27.5. The predicted octanol–water partition coefficient (Wildman–Crippen LogP) is 6.00. The van der Waals surface area contributed by atoms with Gasteiger partial charge in [0.2, 0.25) is 0 Å². The average Bonchev–Trinajstić information content (AvgIpc) is 3.48. The van der Waals surface area contributed by atoms with Crippen LogP contribution in [0.2, 0.25) is 0 Å². The summed E-state index contributed by atoms with van der Waals surface area (Å²) in [6.45, 7) is 4.07. The van der Waals surface area contributed by atoms with E-state index < -0.39 is 5.91 Å². The number of nitrogens with zero attached hydrogens (tertiary/aromatic N) is 3. The Kier molecular flexibility index (Phi) is 7.58. The molecule has 39 heavy (non-hydrogen) atoms. The first-order chi connectivity index (χ1) is 18.8. The summed E-state index contributed by atoms with van der Waals surface area (Å²) >= 11 is 2.22. The zero-order valence-electron chi connectivity index (χ0n) is 21.4. The first-order valence-electron chi connectivity index (χ1n) is 12.0. The second kappa shape index (κ2) is 11.2. The quantitative estimate of drug-likeness (QED) is 0.279. The number of benzene rings is 2. The van der Waals surface area contributed by atoms with Crippen molar-refractivity contribution in [3.05, 3.63) is 99.0 Å². The van der Waals surface area contributed by atoms with Crippen LogP contribution in [-0.4, -0.2) is 34.1 Å². The van der Waals surface area contributed by atoms with Crippen LogP contribution in [0.1, 0.15) is 32.1 Å². The molecule has 0 saturated carbocycles. The minimum atomic E-state index is -0.398. The van der Waals surface area contributed by atoms with Crippen LogP contribution in [0, 0.1) is 13.8 Å². The van der Waals surface area contributed by atoms with Gasteiger partial charge >= 0.3 is 0 Å². The predicted molar refractivity (Wildman–Crippen MR) is 154 cm³/mol. The Morgan fingerprint density at radius 1 is 1.03 bits per heavy atom. The number of aromatic nitrogens is 2. The molecule has 0 spiro atoms. The maximum Gasteiger partial charge on any atom is 0.290 e. The van der Waals surface area contributed by atoms with E-state index in [2.05, 4.69) is 15.3 Å². The second-order valence-electron chi connectivity index (χ2n) is 8.84. The van der Waals surface area contributed by atoms with Gasteiger partial charge in [-0.1, -0.05) is 30.3 Å². The van der Waals surface area contributed by atoms with Crippen LogP contribution in [-0.2, 0) is 11.3 Å². The van der Waals surface area contributed by atoms with Crippen molar-refractivity contribution in [1.82, 2.24) is 15.3 Å². The van der Waals surface area contributed by atoms with E-state index in [-0.39, 0.29) is 17.7 Å². The molecule has 0 aliphatic carbocycles. The fourth-order valence-corrected chi connectivity index (χ4v) is 5.63. The summed E-state index contributed by atoms with van der Waals surface area (Å²) in [5.74, 6) is 0.698. The molecule has 1 fully saturated rings. The van der Waals surface area contributed by atoms with Gasteiger partial charge in [-0.2, -0.15) is 0 Å². The number of rotatable bonds is 7. The normalized spacial score (nSPS) is 14.0. The van der Waals surface area contributed by atoms with Gasteiger partial charge in [0.25, 0.3) is 17.1 Å². The molecule has 3 amide bonds. The lowest BCUT2D eigenvalue weighted by atomic mass is 10.1. The van der Waals surface area contributed by atoms with Crippen LogP contribution in [0.5, 0.6) is 5.75 Å². The van der Waals surface area contributed by atoms with Crippen LogP contribution in [0.4, 0.5) is 10.6 Å². The molecule has 4 aromatic rings. The third-order valence-corrected chi connectivity index (χ3v) is 8.01. The summed E-state index contributed by atoms with van der Waals surface area (Å²) in [5.41, 5.74) is 4.21. The van der Waals surface area contributed by atoms with Crippen LogP contribution in [0.25, 0.3) is 16.6 Å². The molecule has 1 aliphatic heterocycles. The van der Waals surface area contributed by atoms with E-state index in [1.165, 1.54) is 11.3 Å². The molecule has 2 aromatic heterocycles. The molecule has 10 heteroatoms. The lowest BCUT2D eigenvalue weighted by Crippen LogP contribution is -2.31. The first kappa shape index (κ1) is 26.3. The van der Waals surface area contributed by atoms with Crippen molar-refractivity contribution in [3.63, 3.8) is 0 Å². The summed E-state index contributed by atoms with van der Waals surface area (Å²) in [5, 5.41) is 2.62. The Bertz CT molecular complexity index is 1580. The molecule has 196 valence electrons. The molecule has 1 saturated heterocycles. The maximum atomic E-state index is 13.9. The number of hydrogen-bond acceptors (Lipinski definition) is 8. The molecule has 0 atom stereocenters. The van der Waals surface area contributed by atoms with E-state index >= 15 is 0 Å². The Morgan fingerprint density at radius 3 is 2.38 bits per heavy atom. The van der Waals surface area contributed by atoms with Crippen molar-refractivity contribution >= 4 is 52.0 Å². The van der Waals surface area contributed by atoms with Gasteiger partial charge in [-0.3, -0.25) is 24.6 Å². The molecule has 0 unspecified atom stereocenters. The number of pyridine rings is 1. The van der Waals surface area contributed by atoms with Crippen molar-refractivity contribution in [1.29, 1.82) is 0 Å². The van der Waals surface area contributed by atoms with Gasteiger partial charge in [0, 0.05) is 11.8 Å². The van der Waals surface area contributed by atoms with E-state index in [0.717, 1.165) is 44.8 Å². The number of anilines is 1. The molecule has 3 heterocycles. The van der Waals surface area contributed by atoms with E-state index in [0.29, 0.717) is 21.3 Å². The standard InChI is InChI=1S/C29H24N4O4S2/c1-17-4-13-24(30-15-17)33(16-20-7-5-19(6-8-20)14-23-26(34)32-29(36)38-23)28(35)25-18(2)31-27(39-25)21-9-11-22(37-3)12-10-21/h4-15H,16H2,1-3H3,(H,32,34,36)/b23-14+. The van der Waals surface area contributed by atoms with Crippen molar-refractivity contribution in [2.45, 2.75) is 20.4 Å². The van der Waals surface area contributed by atoms with Crippen LogP contribution < -0.4 is 15.0 Å². The molecule has 8 nitrogen and oxygen atoms in total. The van der Waals surface area contributed by atoms with Gasteiger partial charge < -0.3 is 4.74 Å². The van der Waals surface area contributed by atoms with Gasteiger partial charge in [-0.15, -0.1) is 11.3 Å². The number of methoxy groups -OCH3 is 1. The Balaban J connectivity index is 1.43. The summed E-state index contributed by atoms with van der Waals surface area (Å²) in [7, 11) is 1.62. The van der Waals surface area contributed by atoms with E-state index in [1.807, 2.05) is 74.5 Å². The van der Waals surface area contributed by atoms with E-state index in [4.69, 9.17) is 4.74 Å². The van der Waals surface area contributed by atoms with Gasteiger partial charge in [0.1, 0.15) is 21.5 Å². The van der Waals surface area contributed by atoms with Gasteiger partial charge in [-0.05, 0) is 78.7 Å². The second-order valence-corrected chi connectivity index (χ2v) is 10.9. The van der Waals surface area contributed by atoms with Gasteiger partial charge in [0.05, 0.1) is 24.3 Å². The lowest BCUT2D eigenvalue weighted by molar-refractivity contribution is -0.115. The fourth-order valence-electron chi connectivity index (χ4n) is 3.93. The minimum Gasteiger partial charge on any atom is -0.497 e. The van der Waals surface area contributed by atoms with E-state index in [1.54, 1.807) is 24.3 Å². The van der Waals surface area contributed by atoms with Crippen LogP contribution in [0.3, 0.4) is 0 Å². The zero-order valence-corrected chi connectivity index (χ0v) is 23.1. The largest absolute Gasteiger partial charge is 0.497 e. The van der Waals surface area contributed by atoms with Gasteiger partial charge in [0.15, 0.2) is 0 Å². The molecule has 0 radical (unpaired) electrons. The highest BCUT2D eigenvalue weighted by atomic mass is 32.2. The summed E-state index contributed by atoms with van der Waals surface area (Å²) in [6, 6.07) is 18.8. The number of imide groups is 1. The molecule has 1 N–H and O–H groups in total. The summed E-state index contributed by atoms with van der Waals surface area (Å²) in [4.78, 5) is 48.9. The highest BCUT2D eigenvalue weighted by Crippen LogP contribution is 2.31. The number of aryl methyl sites for hydroxylation is 2. The fraction of sp³-hybridized carbons (Fsp3) is 0.138. The lowest BCUT2D eigenvalue weighted by Gasteiger charge is -2.22. The molecule has 0 bridgehead atoms. The number of ether oxygens (including phenoxy) is 1. The average molecular weight is 557 g/mol. The third-order valence-electron chi connectivity index (χ3n) is 6.01. The molecular weight excluding hydrogens is 532 g/mol. The molecule has 1 aliphatic rings. The van der Waals surface area contributed by atoms with Gasteiger partial charge in [-0.25, -0.2) is 9.97 Å². The first-order valence-corrected chi connectivity index (χ1v) is 13.6. The third kappa shape index (κ3) is 5.92. The summed E-state index contributed by atoms with van der Waals surface area (Å²) < 4.78 is 5.25. The molecule has 2 aromatic carbocycles. The van der Waals surface area contributed by atoms with Crippen LogP contribution in [0.15, 0.2) is 71.8 Å². The number of amides is 3. The number of thiazole rings is 1. The smallest absolute Gasteiger partial charge is 0.290 e. The number of nitrogens with one attached hydrogen (secondary N) is 1. The Morgan fingerprint density at radius 2 is 1.77 bits per heavy atom. The number of carbonyl (C=O) groups is 3. The van der Waals surface area contributed by atoms with E-state index in [9.17, 15) is 14.4 Å². The number of hydrogen-bond donors (Lipinski definition) is 1. The molecular formula is C29H24N4O4S2. The van der Waals surface area contributed by atoms with Crippen molar-refractivity contribution < 1.29 is 19.1 Å². The topological polar surface area (TPSA) is 101 Å². The van der Waals surface area contributed by atoms with Crippen molar-refractivity contribution in [2.75, 3.05) is 12.0 Å². The summed E-state index contributed by atoms with van der Waals surface area (Å²) in [6.07, 6.45) is 3.40. The highest BCUT2D eigenvalue weighted by molar-refractivity contribution is 8.18. The maximum absolute atomic E-state index is 13.9.